The molecule has 5 nitrogen and oxygen atoms in total. The van der Waals surface area contributed by atoms with E-state index in [4.69, 9.17) is 9.26 Å². The minimum atomic E-state index is -0.519. The highest BCUT2D eigenvalue weighted by Crippen LogP contribution is 2.08. The van der Waals surface area contributed by atoms with Crippen LogP contribution in [0, 0.1) is 12.8 Å². The Labute approximate surface area is 82.4 Å². The van der Waals surface area contributed by atoms with E-state index in [1.54, 1.807) is 13.0 Å². The lowest BCUT2D eigenvalue weighted by atomic mass is 10.2. The topological polar surface area (TPSA) is 64.4 Å². The predicted molar refractivity (Wildman–Crippen MR) is 51.0 cm³/mol. The molecule has 1 N–H and O–H groups in total. The van der Waals surface area contributed by atoms with Crippen LogP contribution in [0.4, 0.5) is 10.7 Å². The highest BCUT2D eigenvalue weighted by Gasteiger charge is 2.07. The summed E-state index contributed by atoms with van der Waals surface area (Å²) in [6.45, 7) is 6.09. The van der Waals surface area contributed by atoms with Crippen molar-refractivity contribution in [3.05, 3.63) is 11.8 Å². The van der Waals surface area contributed by atoms with E-state index in [2.05, 4.69) is 10.5 Å². The Balaban J connectivity index is 2.34. The number of nitrogens with one attached hydrogen (secondary N) is 1. The first-order valence-corrected chi connectivity index (χ1v) is 4.45. The van der Waals surface area contributed by atoms with Gasteiger partial charge in [-0.15, -0.1) is 0 Å². The summed E-state index contributed by atoms with van der Waals surface area (Å²) in [7, 11) is 0. The number of aryl methyl sites for hydroxylation is 1. The summed E-state index contributed by atoms with van der Waals surface area (Å²) in [5, 5.41) is 6.05. The lowest BCUT2D eigenvalue weighted by Crippen LogP contribution is -2.16. The van der Waals surface area contributed by atoms with E-state index in [1.165, 1.54) is 0 Å². The molecule has 0 bridgehead atoms. The molecule has 0 saturated heterocycles. The largest absolute Gasteiger partial charge is 0.449 e. The van der Waals surface area contributed by atoms with E-state index in [9.17, 15) is 4.79 Å². The molecule has 0 spiro atoms. The van der Waals surface area contributed by atoms with Crippen molar-refractivity contribution in [3.63, 3.8) is 0 Å². The van der Waals surface area contributed by atoms with Crippen molar-refractivity contribution >= 4 is 12.0 Å². The predicted octanol–water partition coefficient (Wildman–Crippen LogP) is 2.19. The Morgan fingerprint density at radius 3 is 2.93 bits per heavy atom. The first-order valence-electron chi connectivity index (χ1n) is 4.45. The van der Waals surface area contributed by atoms with Crippen LogP contribution in [-0.4, -0.2) is 17.9 Å². The maximum Gasteiger partial charge on any atom is 0.414 e. The molecule has 78 valence electrons. The van der Waals surface area contributed by atoms with Gasteiger partial charge in [0.15, 0.2) is 0 Å². The van der Waals surface area contributed by atoms with Crippen LogP contribution in [0.5, 0.6) is 0 Å². The number of ether oxygens (including phenoxy) is 1. The summed E-state index contributed by atoms with van der Waals surface area (Å²) in [4.78, 5) is 11.1. The summed E-state index contributed by atoms with van der Waals surface area (Å²) in [5.74, 6) is 0.619. The average Bonchev–Trinajstić information content (AvgIpc) is 2.48. The molecule has 0 aromatic carbocycles. The van der Waals surface area contributed by atoms with E-state index in [1.807, 2.05) is 13.8 Å². The molecule has 0 radical (unpaired) electrons. The number of nitrogens with zero attached hydrogens (tertiary/aromatic N) is 1. The van der Waals surface area contributed by atoms with Crippen LogP contribution >= 0.6 is 0 Å². The second kappa shape index (κ2) is 4.64. The zero-order valence-corrected chi connectivity index (χ0v) is 8.53. The van der Waals surface area contributed by atoms with Gasteiger partial charge in [0.25, 0.3) is 0 Å². The van der Waals surface area contributed by atoms with Gasteiger partial charge < -0.3 is 9.26 Å². The van der Waals surface area contributed by atoms with Crippen LogP contribution in [0.1, 0.15) is 19.5 Å². The Hall–Kier alpha value is -1.52. The van der Waals surface area contributed by atoms with Crippen molar-refractivity contribution in [1.29, 1.82) is 0 Å². The SMILES string of the molecule is Cc1cc(NC(=O)OCC(C)C)on1. The number of hydrogen-bond donors (Lipinski definition) is 1. The quantitative estimate of drug-likeness (QED) is 0.808. The van der Waals surface area contributed by atoms with Gasteiger partial charge in [-0.3, -0.25) is 5.32 Å². The van der Waals surface area contributed by atoms with Crippen molar-refractivity contribution in [2.45, 2.75) is 20.8 Å². The minimum Gasteiger partial charge on any atom is -0.449 e. The highest BCUT2D eigenvalue weighted by atomic mass is 16.6. The summed E-state index contributed by atoms with van der Waals surface area (Å²) in [6.07, 6.45) is -0.519. The molecule has 0 aliphatic carbocycles. The standard InChI is InChI=1S/C9H14N2O3/c1-6(2)5-13-9(12)10-8-4-7(3)11-14-8/h4,6H,5H2,1-3H3,(H,10,12). The number of carbonyl (C=O) groups excluding carboxylic acids is 1. The van der Waals surface area contributed by atoms with E-state index in [0.717, 1.165) is 0 Å². The number of aromatic nitrogens is 1. The fraction of sp³-hybridized carbons (Fsp3) is 0.556. The normalized spacial score (nSPS) is 10.3. The molecule has 1 heterocycles. The maximum absolute atomic E-state index is 11.1. The number of carbonyl (C=O) groups is 1. The van der Waals surface area contributed by atoms with Crippen LogP contribution in [0.15, 0.2) is 10.6 Å². The molecule has 0 unspecified atom stereocenters. The van der Waals surface area contributed by atoms with Gasteiger partial charge in [-0.05, 0) is 12.8 Å². The average molecular weight is 198 g/mol. The van der Waals surface area contributed by atoms with Crippen LogP contribution in [0.2, 0.25) is 0 Å². The van der Waals surface area contributed by atoms with Crippen molar-refractivity contribution in [2.75, 3.05) is 11.9 Å². The molecule has 14 heavy (non-hydrogen) atoms. The Kier molecular flexibility index (Phi) is 3.50. The molecule has 1 amide bonds. The maximum atomic E-state index is 11.1. The van der Waals surface area contributed by atoms with Crippen LogP contribution in [0.3, 0.4) is 0 Å². The van der Waals surface area contributed by atoms with Gasteiger partial charge >= 0.3 is 6.09 Å². The Morgan fingerprint density at radius 2 is 2.43 bits per heavy atom. The lowest BCUT2D eigenvalue weighted by Gasteiger charge is -2.06. The third-order valence-electron chi connectivity index (χ3n) is 1.40. The molecular formula is C9H14N2O3. The first kappa shape index (κ1) is 10.6. The van der Waals surface area contributed by atoms with Gasteiger partial charge in [0, 0.05) is 6.07 Å². The van der Waals surface area contributed by atoms with Gasteiger partial charge in [0.05, 0.1) is 12.3 Å². The van der Waals surface area contributed by atoms with Crippen molar-refractivity contribution in [1.82, 2.24) is 5.16 Å². The molecule has 1 rings (SSSR count). The van der Waals surface area contributed by atoms with Crippen LogP contribution < -0.4 is 5.32 Å². The summed E-state index contributed by atoms with van der Waals surface area (Å²) < 4.78 is 9.66. The van der Waals surface area contributed by atoms with Crippen molar-refractivity contribution < 1.29 is 14.1 Å². The number of amides is 1. The molecule has 0 fully saturated rings. The lowest BCUT2D eigenvalue weighted by molar-refractivity contribution is 0.147. The molecule has 5 heteroatoms. The molecule has 1 aromatic heterocycles. The van der Waals surface area contributed by atoms with Gasteiger partial charge in [-0.2, -0.15) is 0 Å². The fourth-order valence-electron chi connectivity index (χ4n) is 0.802. The molecule has 1 aromatic rings. The second-order valence-electron chi connectivity index (χ2n) is 3.45. The summed E-state index contributed by atoms with van der Waals surface area (Å²) >= 11 is 0. The Morgan fingerprint density at radius 1 is 1.71 bits per heavy atom. The molecule has 0 aliphatic heterocycles. The van der Waals surface area contributed by atoms with Gasteiger partial charge in [0.2, 0.25) is 5.88 Å². The van der Waals surface area contributed by atoms with E-state index in [0.29, 0.717) is 24.1 Å². The smallest absolute Gasteiger partial charge is 0.414 e. The summed E-state index contributed by atoms with van der Waals surface area (Å²) in [6, 6.07) is 1.62. The minimum absolute atomic E-state index is 0.302. The van der Waals surface area contributed by atoms with Gasteiger partial charge in [-0.1, -0.05) is 19.0 Å². The van der Waals surface area contributed by atoms with Gasteiger partial charge in [0.1, 0.15) is 0 Å². The van der Waals surface area contributed by atoms with E-state index >= 15 is 0 Å². The number of hydrogen-bond acceptors (Lipinski definition) is 4. The second-order valence-corrected chi connectivity index (χ2v) is 3.45. The van der Waals surface area contributed by atoms with Crippen molar-refractivity contribution in [2.24, 2.45) is 5.92 Å². The molecule has 0 saturated carbocycles. The van der Waals surface area contributed by atoms with E-state index in [-0.39, 0.29) is 0 Å². The first-order chi connectivity index (χ1) is 6.58. The monoisotopic (exact) mass is 198 g/mol. The fourth-order valence-corrected chi connectivity index (χ4v) is 0.802. The van der Waals surface area contributed by atoms with Crippen LogP contribution in [-0.2, 0) is 4.74 Å². The number of anilines is 1. The highest BCUT2D eigenvalue weighted by molar-refractivity contribution is 5.82. The molecule has 0 atom stereocenters. The molecular weight excluding hydrogens is 184 g/mol. The zero-order valence-electron chi connectivity index (χ0n) is 8.53. The molecule has 0 aliphatic rings. The third-order valence-corrected chi connectivity index (χ3v) is 1.40. The number of rotatable bonds is 3. The summed E-state index contributed by atoms with van der Waals surface area (Å²) in [5.41, 5.74) is 0.712. The van der Waals surface area contributed by atoms with Gasteiger partial charge in [-0.25, -0.2) is 4.79 Å². The zero-order chi connectivity index (χ0) is 10.6. The van der Waals surface area contributed by atoms with Crippen LogP contribution in [0.25, 0.3) is 0 Å². The Bertz CT molecular complexity index is 307. The van der Waals surface area contributed by atoms with Crippen molar-refractivity contribution in [3.8, 4) is 0 Å². The third kappa shape index (κ3) is 3.47. The van der Waals surface area contributed by atoms with E-state index < -0.39 is 6.09 Å².